The first-order valence-corrected chi connectivity index (χ1v) is 12.9. The summed E-state index contributed by atoms with van der Waals surface area (Å²) in [6.45, 7) is 0.0772. The van der Waals surface area contributed by atoms with Crippen molar-refractivity contribution in [2.24, 2.45) is 17.6 Å². The summed E-state index contributed by atoms with van der Waals surface area (Å²) in [7, 11) is 0. The Morgan fingerprint density at radius 1 is 0.971 bits per heavy atom. The predicted molar refractivity (Wildman–Crippen MR) is 132 cm³/mol. The standard InChI is InChI=1S/C26H40N4O5/c27-26(35)30-21(16-18-9-5-2-6-10-18)25(34)28-14-13-22(31)29-20(15-17-7-3-1-4-8-17)24(33)23(32)19-11-12-19/h2,5-6,9-10,17,19-21,23-24,32-33H,1,3-4,7-8,11-16H2,(H,28,34)(H,29,31)(H3,27,30,35)/t20-,21-,23-,24+/m0/s1. The van der Waals surface area contributed by atoms with Gasteiger partial charge in [0, 0.05) is 19.4 Å². The molecule has 2 fully saturated rings. The Kier molecular flexibility index (Phi) is 10.3. The van der Waals surface area contributed by atoms with Crippen molar-refractivity contribution in [3.05, 3.63) is 35.9 Å². The first-order valence-electron chi connectivity index (χ1n) is 12.9. The fraction of sp³-hybridized carbons (Fsp3) is 0.654. The molecule has 1 aromatic rings. The third kappa shape index (κ3) is 9.14. The van der Waals surface area contributed by atoms with Crippen LogP contribution in [0.15, 0.2) is 30.3 Å². The average molecular weight is 489 g/mol. The van der Waals surface area contributed by atoms with E-state index in [9.17, 15) is 24.6 Å². The highest BCUT2D eigenvalue weighted by Gasteiger charge is 2.39. The second kappa shape index (κ2) is 13.4. The van der Waals surface area contributed by atoms with Gasteiger partial charge in [0.2, 0.25) is 11.8 Å². The van der Waals surface area contributed by atoms with E-state index in [0.717, 1.165) is 44.1 Å². The highest BCUT2D eigenvalue weighted by Crippen LogP contribution is 2.36. The van der Waals surface area contributed by atoms with Gasteiger partial charge >= 0.3 is 6.03 Å². The maximum atomic E-state index is 12.7. The van der Waals surface area contributed by atoms with Gasteiger partial charge in [-0.25, -0.2) is 4.79 Å². The van der Waals surface area contributed by atoms with Gasteiger partial charge in [0.15, 0.2) is 0 Å². The molecule has 0 saturated heterocycles. The van der Waals surface area contributed by atoms with E-state index in [-0.39, 0.29) is 31.2 Å². The highest BCUT2D eigenvalue weighted by atomic mass is 16.3. The van der Waals surface area contributed by atoms with E-state index in [0.29, 0.717) is 12.3 Å². The molecule has 0 heterocycles. The Hall–Kier alpha value is -2.65. The summed E-state index contributed by atoms with van der Waals surface area (Å²) in [6, 6.07) is 7.09. The number of carbonyl (C=O) groups is 3. The summed E-state index contributed by atoms with van der Waals surface area (Å²) < 4.78 is 0. The van der Waals surface area contributed by atoms with Gasteiger partial charge in [0.1, 0.15) is 12.1 Å². The average Bonchev–Trinajstić information content (AvgIpc) is 3.69. The number of nitrogens with one attached hydrogen (secondary N) is 3. The molecule has 0 aromatic heterocycles. The van der Waals surface area contributed by atoms with Crippen molar-refractivity contribution >= 4 is 17.8 Å². The van der Waals surface area contributed by atoms with Crippen LogP contribution in [0.5, 0.6) is 0 Å². The van der Waals surface area contributed by atoms with E-state index in [4.69, 9.17) is 5.73 Å². The van der Waals surface area contributed by atoms with Gasteiger partial charge in [-0.15, -0.1) is 0 Å². The zero-order valence-corrected chi connectivity index (χ0v) is 20.3. The molecule has 3 rings (SSSR count). The van der Waals surface area contributed by atoms with Crippen LogP contribution in [0.25, 0.3) is 0 Å². The van der Waals surface area contributed by atoms with Gasteiger partial charge in [-0.2, -0.15) is 0 Å². The van der Waals surface area contributed by atoms with Crippen LogP contribution in [0.3, 0.4) is 0 Å². The van der Waals surface area contributed by atoms with E-state index in [1.54, 1.807) is 0 Å². The molecule has 2 aliphatic carbocycles. The van der Waals surface area contributed by atoms with Gasteiger partial charge in [0.05, 0.1) is 12.1 Å². The maximum absolute atomic E-state index is 12.7. The number of nitrogens with two attached hydrogens (primary N) is 1. The van der Waals surface area contributed by atoms with Gasteiger partial charge in [-0.3, -0.25) is 9.59 Å². The largest absolute Gasteiger partial charge is 0.390 e. The predicted octanol–water partition coefficient (Wildman–Crippen LogP) is 1.36. The van der Waals surface area contributed by atoms with E-state index in [1.165, 1.54) is 6.42 Å². The van der Waals surface area contributed by atoms with Crippen molar-refractivity contribution in [1.29, 1.82) is 0 Å². The van der Waals surface area contributed by atoms with E-state index in [1.807, 2.05) is 30.3 Å². The molecule has 0 bridgehead atoms. The molecule has 1 aromatic carbocycles. The SMILES string of the molecule is NC(=O)N[C@@H](Cc1ccccc1)C(=O)NCCC(=O)N[C@@H](CC1CCCCC1)[C@@H](O)[C@@H](O)C1CC1. The number of rotatable bonds is 13. The van der Waals surface area contributed by atoms with Gasteiger partial charge in [-0.1, -0.05) is 62.4 Å². The smallest absolute Gasteiger partial charge is 0.312 e. The molecule has 35 heavy (non-hydrogen) atoms. The second-order valence-corrected chi connectivity index (χ2v) is 10.0. The molecular formula is C26H40N4O5. The quantitative estimate of drug-likeness (QED) is 0.247. The van der Waals surface area contributed by atoms with Crippen LogP contribution < -0.4 is 21.7 Å². The second-order valence-electron chi connectivity index (χ2n) is 10.0. The lowest BCUT2D eigenvalue weighted by atomic mass is 9.82. The number of amides is 4. The minimum atomic E-state index is -1.00. The summed E-state index contributed by atoms with van der Waals surface area (Å²) in [5.74, 6) is -0.193. The Balaban J connectivity index is 1.50. The molecule has 4 atom stereocenters. The van der Waals surface area contributed by atoms with Crippen molar-refractivity contribution in [3.63, 3.8) is 0 Å². The van der Waals surface area contributed by atoms with Gasteiger partial charge in [-0.05, 0) is 36.7 Å². The number of aliphatic hydroxyl groups excluding tert-OH is 2. The number of hydrogen-bond donors (Lipinski definition) is 6. The normalized spacial score (nSPS) is 19.7. The number of carbonyl (C=O) groups excluding carboxylic acids is 3. The Morgan fingerprint density at radius 3 is 2.29 bits per heavy atom. The molecule has 7 N–H and O–H groups in total. The summed E-state index contributed by atoms with van der Waals surface area (Å²) in [5.41, 5.74) is 6.10. The minimum Gasteiger partial charge on any atom is -0.390 e. The van der Waals surface area contributed by atoms with Crippen LogP contribution in [0, 0.1) is 11.8 Å². The van der Waals surface area contributed by atoms with Crippen LogP contribution in [0.1, 0.15) is 63.4 Å². The number of benzene rings is 1. The Labute approximate surface area is 207 Å². The Bertz CT molecular complexity index is 826. The summed E-state index contributed by atoms with van der Waals surface area (Å²) in [6.07, 6.45) is 6.58. The van der Waals surface area contributed by atoms with Gasteiger partial charge < -0.3 is 31.9 Å². The lowest BCUT2D eigenvalue weighted by Gasteiger charge is -2.32. The first-order chi connectivity index (χ1) is 16.8. The molecule has 0 aliphatic heterocycles. The molecule has 0 radical (unpaired) electrons. The Morgan fingerprint density at radius 2 is 1.66 bits per heavy atom. The first kappa shape index (κ1) is 26.9. The molecule has 2 saturated carbocycles. The van der Waals surface area contributed by atoms with E-state index < -0.39 is 36.2 Å². The number of primary amides is 1. The van der Waals surface area contributed by atoms with Crippen LogP contribution >= 0.6 is 0 Å². The third-order valence-electron chi connectivity index (χ3n) is 7.09. The fourth-order valence-corrected chi connectivity index (χ4v) is 4.95. The van der Waals surface area contributed by atoms with Crippen molar-refractivity contribution in [3.8, 4) is 0 Å². The summed E-state index contributed by atoms with van der Waals surface area (Å²) >= 11 is 0. The zero-order chi connectivity index (χ0) is 25.2. The summed E-state index contributed by atoms with van der Waals surface area (Å²) in [5, 5.41) is 29.3. The number of hydrogen-bond acceptors (Lipinski definition) is 5. The van der Waals surface area contributed by atoms with Crippen LogP contribution in [0.4, 0.5) is 4.79 Å². The molecule has 0 spiro atoms. The van der Waals surface area contributed by atoms with E-state index >= 15 is 0 Å². The van der Waals surface area contributed by atoms with E-state index in [2.05, 4.69) is 16.0 Å². The topological polar surface area (TPSA) is 154 Å². The molecule has 9 nitrogen and oxygen atoms in total. The van der Waals surface area contributed by atoms with Crippen molar-refractivity contribution in [1.82, 2.24) is 16.0 Å². The molecular weight excluding hydrogens is 448 g/mol. The maximum Gasteiger partial charge on any atom is 0.312 e. The zero-order valence-electron chi connectivity index (χ0n) is 20.3. The van der Waals surface area contributed by atoms with Crippen molar-refractivity contribution < 1.29 is 24.6 Å². The van der Waals surface area contributed by atoms with Crippen molar-refractivity contribution in [2.75, 3.05) is 6.54 Å². The van der Waals surface area contributed by atoms with Crippen LogP contribution in [-0.4, -0.2) is 58.9 Å². The summed E-state index contributed by atoms with van der Waals surface area (Å²) in [4.78, 5) is 36.7. The minimum absolute atomic E-state index is 0.0216. The van der Waals surface area contributed by atoms with Crippen molar-refractivity contribution in [2.45, 2.75) is 88.5 Å². The molecule has 9 heteroatoms. The van der Waals surface area contributed by atoms with Crippen LogP contribution in [0.2, 0.25) is 0 Å². The third-order valence-corrected chi connectivity index (χ3v) is 7.09. The number of urea groups is 1. The highest BCUT2D eigenvalue weighted by molar-refractivity contribution is 5.87. The lowest BCUT2D eigenvalue weighted by molar-refractivity contribution is -0.124. The molecule has 194 valence electrons. The monoisotopic (exact) mass is 488 g/mol. The molecule has 4 amide bonds. The lowest BCUT2D eigenvalue weighted by Crippen LogP contribution is -2.51. The van der Waals surface area contributed by atoms with Gasteiger partial charge in [0.25, 0.3) is 0 Å². The fourth-order valence-electron chi connectivity index (χ4n) is 4.95. The molecule has 2 aliphatic rings. The molecule has 0 unspecified atom stereocenters. The van der Waals surface area contributed by atoms with Crippen LogP contribution in [-0.2, 0) is 16.0 Å². The number of aliphatic hydroxyl groups is 2.